The van der Waals surface area contributed by atoms with E-state index in [9.17, 15) is 18.0 Å². The molecule has 0 bridgehead atoms. The molecule has 0 spiro atoms. The summed E-state index contributed by atoms with van der Waals surface area (Å²) in [6.07, 6.45) is -5.36. The third-order valence-electron chi connectivity index (χ3n) is 3.46. The van der Waals surface area contributed by atoms with Crippen molar-refractivity contribution in [3.05, 3.63) is 82.9 Å². The fourth-order valence-electron chi connectivity index (χ4n) is 2.30. The van der Waals surface area contributed by atoms with E-state index in [1.165, 1.54) is 24.3 Å². The van der Waals surface area contributed by atoms with E-state index in [-0.39, 0.29) is 16.7 Å². The largest absolute Gasteiger partial charge is 0.481 e. The van der Waals surface area contributed by atoms with Crippen LogP contribution in [0.25, 0.3) is 0 Å². The van der Waals surface area contributed by atoms with Crippen molar-refractivity contribution >= 4 is 21.9 Å². The van der Waals surface area contributed by atoms with Gasteiger partial charge in [0.25, 0.3) is 0 Å². The molecule has 0 aromatic heterocycles. The molecule has 0 saturated heterocycles. The van der Waals surface area contributed by atoms with Crippen LogP contribution in [0.5, 0.6) is 0 Å². The van der Waals surface area contributed by atoms with Gasteiger partial charge >= 0.3 is 16.1 Å². The van der Waals surface area contributed by atoms with Crippen LogP contribution in [0.4, 0.5) is 0 Å². The monoisotopic (exact) mass is 408 g/mol. The van der Waals surface area contributed by atoms with Crippen LogP contribution in [0.1, 0.15) is 29.6 Å². The van der Waals surface area contributed by atoms with Gasteiger partial charge in [-0.3, -0.25) is 9.59 Å². The van der Waals surface area contributed by atoms with Gasteiger partial charge in [-0.15, -0.1) is 0 Å². The number of ketones is 1. The molecule has 0 fully saturated rings. The second-order valence-electron chi connectivity index (χ2n) is 5.47. The van der Waals surface area contributed by atoms with E-state index in [2.05, 4.69) is 4.18 Å². The third-order valence-corrected chi connectivity index (χ3v) is 4.33. The van der Waals surface area contributed by atoms with Crippen LogP contribution in [-0.4, -0.2) is 25.3 Å². The van der Waals surface area contributed by atoms with Crippen LogP contribution in [0.15, 0.2) is 66.2 Å². The fourth-order valence-corrected chi connectivity index (χ4v) is 3.14. The van der Waals surface area contributed by atoms with Crippen LogP contribution < -0.4 is 5.73 Å². The van der Waals surface area contributed by atoms with E-state index in [0.29, 0.717) is 0 Å². The van der Waals surface area contributed by atoms with Gasteiger partial charge in [0.15, 0.2) is 6.08 Å². The Labute approximate surface area is 168 Å². The molecule has 0 saturated carbocycles. The number of hydrogen-bond donors (Lipinski definition) is 2. The summed E-state index contributed by atoms with van der Waals surface area (Å²) >= 11 is 0. The Morgan fingerprint density at radius 3 is 2.43 bits per heavy atom. The van der Waals surface area contributed by atoms with Crippen molar-refractivity contribution in [2.24, 2.45) is 5.73 Å². The number of nitrogens with two attached hydrogens (primary N) is 1. The lowest BCUT2D eigenvalue weighted by Crippen LogP contribution is -2.16. The van der Waals surface area contributed by atoms with Crippen LogP contribution in [0, 0.1) is 0 Å². The number of rotatable bonds is 7. The zero-order valence-corrected chi connectivity index (χ0v) is 14.9. The molecule has 9 heteroatoms. The van der Waals surface area contributed by atoms with Crippen molar-refractivity contribution in [3.63, 3.8) is 0 Å². The number of benzene rings is 2. The topological polar surface area (TPSA) is 133 Å². The summed E-state index contributed by atoms with van der Waals surface area (Å²) in [7, 11) is -5.13. The number of carboxylic acid groups (broad SMARTS) is 1. The first kappa shape index (κ1) is 13.8. The maximum atomic E-state index is 12.8. The van der Waals surface area contributed by atoms with Crippen LogP contribution >= 0.6 is 0 Å². The number of Topliss-reactive ketones (excluding diaryl/α,β-unsaturated/α-hetero) is 1. The Balaban J connectivity index is 1.90. The number of carboxylic acids is 1. The predicted molar refractivity (Wildman–Crippen MR) is 98.0 cm³/mol. The van der Waals surface area contributed by atoms with E-state index >= 15 is 0 Å². The summed E-state index contributed by atoms with van der Waals surface area (Å²) in [5.41, 5.74) is 1.75. The van der Waals surface area contributed by atoms with Gasteiger partial charge in [0.05, 0.1) is 10.5 Å². The predicted octanol–water partition coefficient (Wildman–Crippen LogP) is 1.63. The Morgan fingerprint density at radius 1 is 1.18 bits per heavy atom. The standard InChI is InChI=1S/C19H17NO7S/c20-19-18(27-28(24,25)11-13-4-2-1-3-5-13)16(23)17(26-19)14-8-6-12(7-9-14)10-15(21)22/h1-9,17H,10-11,20H2,(H,21,22)/t17-/m1/s1/i10D2,11D2,17D. The van der Waals surface area contributed by atoms with Crippen molar-refractivity contribution in [1.29, 1.82) is 0 Å². The molecule has 2 aromatic carbocycles. The molecule has 1 atom stereocenters. The molecule has 146 valence electrons. The first-order valence-electron chi connectivity index (χ1n) is 10.2. The number of ether oxygens (including phenoxy) is 1. The summed E-state index contributed by atoms with van der Waals surface area (Å²) in [5.74, 6) is -5.05. The van der Waals surface area contributed by atoms with Crippen LogP contribution in [0.2, 0.25) is 0 Å². The number of hydrogen-bond acceptors (Lipinski definition) is 7. The summed E-state index contributed by atoms with van der Waals surface area (Å²) in [5, 5.41) is 8.98. The number of aliphatic carboxylic acids is 1. The number of carbonyl (C=O) groups excluding carboxylic acids is 1. The molecule has 0 aliphatic carbocycles. The summed E-state index contributed by atoms with van der Waals surface area (Å²) < 4.78 is 74.3. The first-order chi connectivity index (χ1) is 15.1. The Bertz CT molecular complexity index is 1250. The normalized spacial score (nSPS) is 23.0. The maximum absolute atomic E-state index is 12.8. The van der Waals surface area contributed by atoms with Crippen LogP contribution in [0.3, 0.4) is 0 Å². The van der Waals surface area contributed by atoms with E-state index in [4.69, 9.17) is 22.4 Å². The highest BCUT2D eigenvalue weighted by molar-refractivity contribution is 7.86. The molecular formula is C19H17NO7S. The SMILES string of the molecule is [2H]C([2H])(C(=O)O)c1ccc([C@@]2([2H])OC(N)=C(OS(=O)(=O)C([2H])([2H])c3ccccc3)C2=O)cc1. The average Bonchev–Trinajstić information content (AvgIpc) is 2.97. The van der Waals surface area contributed by atoms with Crippen LogP contribution in [-0.2, 0) is 40.7 Å². The number of carbonyl (C=O) groups is 2. The minimum Gasteiger partial charge on any atom is -0.481 e. The molecule has 1 heterocycles. The van der Waals surface area contributed by atoms with Gasteiger partial charge in [-0.2, -0.15) is 8.42 Å². The van der Waals surface area contributed by atoms with Gasteiger partial charge in [-0.05, 0) is 11.1 Å². The average molecular weight is 408 g/mol. The van der Waals surface area contributed by atoms with E-state index in [0.717, 1.165) is 24.3 Å². The smallest absolute Gasteiger partial charge is 0.313 e. The Kier molecular flexibility index (Phi) is 3.80. The van der Waals surface area contributed by atoms with Crippen molar-refractivity contribution in [3.8, 4) is 0 Å². The molecule has 1 aliphatic rings. The van der Waals surface area contributed by atoms with Gasteiger partial charge in [-0.25, -0.2) is 0 Å². The minimum absolute atomic E-state index is 0.220. The van der Waals surface area contributed by atoms with Crippen molar-refractivity contribution in [2.45, 2.75) is 18.2 Å². The molecule has 8 nitrogen and oxygen atoms in total. The summed E-state index contributed by atoms with van der Waals surface area (Å²) in [6.45, 7) is 0. The van der Waals surface area contributed by atoms with Crippen molar-refractivity contribution in [2.75, 3.05) is 0 Å². The second kappa shape index (κ2) is 7.73. The molecular weight excluding hydrogens is 386 g/mol. The van der Waals surface area contributed by atoms with Crippen molar-refractivity contribution < 1.29 is 38.9 Å². The highest BCUT2D eigenvalue weighted by atomic mass is 32.2. The zero-order valence-electron chi connectivity index (χ0n) is 19.1. The molecule has 2 aromatic rings. The van der Waals surface area contributed by atoms with E-state index < -0.39 is 51.7 Å². The van der Waals surface area contributed by atoms with Gasteiger partial charge < -0.3 is 19.8 Å². The molecule has 3 rings (SSSR count). The maximum Gasteiger partial charge on any atom is 0.313 e. The van der Waals surface area contributed by atoms with Gasteiger partial charge in [0.2, 0.25) is 17.4 Å². The highest BCUT2D eigenvalue weighted by Gasteiger charge is 2.39. The first-order valence-corrected chi connectivity index (χ1v) is 9.13. The summed E-state index contributed by atoms with van der Waals surface area (Å²) in [4.78, 5) is 23.9. The molecule has 1 aliphatic heterocycles. The lowest BCUT2D eigenvalue weighted by atomic mass is 10.0. The fraction of sp³-hybridized carbons (Fsp3) is 0.158. The molecule has 0 amide bonds. The highest BCUT2D eigenvalue weighted by Crippen LogP contribution is 2.32. The lowest BCUT2D eigenvalue weighted by molar-refractivity contribution is -0.136. The van der Waals surface area contributed by atoms with Crippen molar-refractivity contribution in [1.82, 2.24) is 0 Å². The van der Waals surface area contributed by atoms with E-state index in [1.807, 2.05) is 0 Å². The third kappa shape index (κ3) is 4.49. The lowest BCUT2D eigenvalue weighted by Gasteiger charge is -2.10. The van der Waals surface area contributed by atoms with Gasteiger partial charge in [0.1, 0.15) is 5.70 Å². The second-order valence-corrected chi connectivity index (χ2v) is 6.75. The molecule has 0 unspecified atom stereocenters. The summed E-state index contributed by atoms with van der Waals surface area (Å²) in [6, 6.07) is 10.9. The molecule has 3 N–H and O–H groups in total. The quantitative estimate of drug-likeness (QED) is 0.661. The molecule has 28 heavy (non-hydrogen) atoms. The molecule has 0 radical (unpaired) electrons. The Morgan fingerprint density at radius 2 is 1.82 bits per heavy atom. The minimum atomic E-state index is -5.13. The van der Waals surface area contributed by atoms with Gasteiger partial charge in [0, 0.05) is 8.30 Å². The zero-order chi connectivity index (χ0) is 24.8. The van der Waals surface area contributed by atoms with E-state index in [1.54, 1.807) is 6.07 Å². The van der Waals surface area contributed by atoms with Gasteiger partial charge in [-0.1, -0.05) is 54.6 Å². The Hall–Kier alpha value is -3.33.